The predicted octanol–water partition coefficient (Wildman–Crippen LogP) is 3.23. The Morgan fingerprint density at radius 2 is 2.28 bits per heavy atom. The molecule has 1 fully saturated rings. The Balaban J connectivity index is 2.13. The van der Waals surface area contributed by atoms with Crippen LogP contribution >= 0.6 is 28.1 Å². The Morgan fingerprint density at radius 1 is 1.50 bits per heavy atom. The summed E-state index contributed by atoms with van der Waals surface area (Å²) in [6.07, 6.45) is 3.24. The van der Waals surface area contributed by atoms with Gasteiger partial charge in [-0.05, 0) is 31.5 Å². The zero-order chi connectivity index (χ0) is 13.1. The molecule has 0 bridgehead atoms. The molecule has 1 aliphatic rings. The van der Waals surface area contributed by atoms with Gasteiger partial charge in [0, 0.05) is 16.6 Å². The van der Waals surface area contributed by atoms with E-state index >= 15 is 0 Å². The minimum atomic E-state index is -0.184. The van der Waals surface area contributed by atoms with Gasteiger partial charge >= 0.3 is 0 Å². The SMILES string of the molecule is NC(=S)C1CCCCN1Cc1ccc(Br)cc1F. The van der Waals surface area contributed by atoms with Gasteiger partial charge in [0.25, 0.3) is 0 Å². The molecule has 98 valence electrons. The van der Waals surface area contributed by atoms with Crippen LogP contribution in [0.3, 0.4) is 0 Å². The Kier molecular flexibility index (Phi) is 4.70. The smallest absolute Gasteiger partial charge is 0.128 e. The van der Waals surface area contributed by atoms with Gasteiger partial charge in [-0.15, -0.1) is 0 Å². The summed E-state index contributed by atoms with van der Waals surface area (Å²) in [4.78, 5) is 2.70. The van der Waals surface area contributed by atoms with E-state index < -0.39 is 0 Å². The second kappa shape index (κ2) is 6.08. The van der Waals surface area contributed by atoms with Gasteiger partial charge in [0.1, 0.15) is 5.82 Å². The first-order valence-corrected chi connectivity index (χ1v) is 7.25. The molecule has 0 saturated carbocycles. The number of nitrogens with zero attached hydrogens (tertiary/aromatic N) is 1. The van der Waals surface area contributed by atoms with Gasteiger partial charge in [0.15, 0.2) is 0 Å². The molecule has 1 aliphatic heterocycles. The molecule has 0 aliphatic carbocycles. The van der Waals surface area contributed by atoms with E-state index in [1.54, 1.807) is 0 Å². The van der Waals surface area contributed by atoms with E-state index in [0.29, 0.717) is 17.1 Å². The molecule has 0 amide bonds. The molecular formula is C13H16BrFN2S. The summed E-state index contributed by atoms with van der Waals surface area (Å²) in [7, 11) is 0. The van der Waals surface area contributed by atoms with Crippen molar-refractivity contribution in [1.29, 1.82) is 0 Å². The fourth-order valence-electron chi connectivity index (χ4n) is 2.37. The Hall–Kier alpha value is -0.520. The van der Waals surface area contributed by atoms with Crippen LogP contribution in [0.5, 0.6) is 0 Å². The van der Waals surface area contributed by atoms with Crippen molar-refractivity contribution in [3.8, 4) is 0 Å². The average molecular weight is 331 g/mol. The normalized spacial score (nSPS) is 20.9. The third kappa shape index (κ3) is 3.28. The summed E-state index contributed by atoms with van der Waals surface area (Å²) in [6, 6.07) is 5.27. The number of rotatable bonds is 3. The highest BCUT2D eigenvalue weighted by Crippen LogP contribution is 2.22. The van der Waals surface area contributed by atoms with Crippen molar-refractivity contribution >= 4 is 33.1 Å². The molecule has 1 saturated heterocycles. The van der Waals surface area contributed by atoms with Crippen molar-refractivity contribution in [2.75, 3.05) is 6.54 Å². The number of hydrogen-bond donors (Lipinski definition) is 1. The zero-order valence-electron chi connectivity index (χ0n) is 10.0. The third-order valence-electron chi connectivity index (χ3n) is 3.33. The largest absolute Gasteiger partial charge is 0.392 e. The van der Waals surface area contributed by atoms with Gasteiger partial charge in [-0.25, -0.2) is 4.39 Å². The first-order chi connectivity index (χ1) is 8.58. The Labute approximate surface area is 120 Å². The van der Waals surface area contributed by atoms with Crippen molar-refractivity contribution in [2.24, 2.45) is 5.73 Å². The van der Waals surface area contributed by atoms with Crippen LogP contribution in [0.15, 0.2) is 22.7 Å². The quantitative estimate of drug-likeness (QED) is 0.863. The van der Waals surface area contributed by atoms with Crippen molar-refractivity contribution < 1.29 is 4.39 Å². The van der Waals surface area contributed by atoms with Crippen LogP contribution in [0.2, 0.25) is 0 Å². The lowest BCUT2D eigenvalue weighted by Gasteiger charge is -2.35. The average Bonchev–Trinajstić information content (AvgIpc) is 2.33. The molecule has 2 N–H and O–H groups in total. The lowest BCUT2D eigenvalue weighted by molar-refractivity contribution is 0.182. The van der Waals surface area contributed by atoms with Crippen LogP contribution in [0.1, 0.15) is 24.8 Å². The highest BCUT2D eigenvalue weighted by Gasteiger charge is 2.25. The molecule has 0 spiro atoms. The minimum absolute atomic E-state index is 0.108. The van der Waals surface area contributed by atoms with E-state index in [0.717, 1.165) is 30.3 Å². The van der Waals surface area contributed by atoms with Crippen LogP contribution in [-0.2, 0) is 6.54 Å². The number of piperidine rings is 1. The van der Waals surface area contributed by atoms with Crippen molar-refractivity contribution in [3.63, 3.8) is 0 Å². The van der Waals surface area contributed by atoms with E-state index in [9.17, 15) is 4.39 Å². The molecule has 18 heavy (non-hydrogen) atoms. The second-order valence-corrected chi connectivity index (χ2v) is 6.01. The molecule has 1 aromatic carbocycles. The molecule has 2 rings (SSSR count). The highest BCUT2D eigenvalue weighted by atomic mass is 79.9. The van der Waals surface area contributed by atoms with Crippen LogP contribution in [0, 0.1) is 5.82 Å². The van der Waals surface area contributed by atoms with Crippen molar-refractivity contribution in [2.45, 2.75) is 31.8 Å². The summed E-state index contributed by atoms with van der Waals surface area (Å²) in [6.45, 7) is 1.50. The zero-order valence-corrected chi connectivity index (χ0v) is 12.4. The monoisotopic (exact) mass is 330 g/mol. The first-order valence-electron chi connectivity index (χ1n) is 6.05. The number of hydrogen-bond acceptors (Lipinski definition) is 2. The molecule has 5 heteroatoms. The molecule has 1 atom stereocenters. The lowest BCUT2D eigenvalue weighted by atomic mass is 10.0. The van der Waals surface area contributed by atoms with Gasteiger partial charge < -0.3 is 5.73 Å². The predicted molar refractivity (Wildman–Crippen MR) is 78.9 cm³/mol. The number of thiocarbonyl (C=S) groups is 1. The van der Waals surface area contributed by atoms with Crippen molar-refractivity contribution in [1.82, 2.24) is 4.90 Å². The van der Waals surface area contributed by atoms with Gasteiger partial charge in [-0.3, -0.25) is 4.90 Å². The van der Waals surface area contributed by atoms with Crippen LogP contribution < -0.4 is 5.73 Å². The maximum absolute atomic E-state index is 13.8. The van der Waals surface area contributed by atoms with Crippen LogP contribution in [-0.4, -0.2) is 22.5 Å². The van der Waals surface area contributed by atoms with Crippen LogP contribution in [0.25, 0.3) is 0 Å². The topological polar surface area (TPSA) is 29.3 Å². The third-order valence-corrected chi connectivity index (χ3v) is 4.10. The maximum Gasteiger partial charge on any atom is 0.128 e. The first kappa shape index (κ1) is 13.9. The maximum atomic E-state index is 13.8. The summed E-state index contributed by atoms with van der Waals surface area (Å²) in [5, 5.41) is 0. The fourth-order valence-corrected chi connectivity index (χ4v) is 2.97. The van der Waals surface area contributed by atoms with E-state index in [1.807, 2.05) is 12.1 Å². The van der Waals surface area contributed by atoms with Gasteiger partial charge in [0.2, 0.25) is 0 Å². The summed E-state index contributed by atoms with van der Waals surface area (Å²) < 4.78 is 14.6. The minimum Gasteiger partial charge on any atom is -0.392 e. The van der Waals surface area contributed by atoms with E-state index in [-0.39, 0.29) is 11.9 Å². The number of halogens is 2. The number of benzene rings is 1. The summed E-state index contributed by atoms with van der Waals surface area (Å²) in [5.74, 6) is -0.184. The number of likely N-dealkylation sites (tertiary alicyclic amines) is 1. The summed E-state index contributed by atoms with van der Waals surface area (Å²) >= 11 is 8.36. The number of nitrogens with two attached hydrogens (primary N) is 1. The molecule has 1 unspecified atom stereocenters. The Bertz CT molecular complexity index is 453. The fraction of sp³-hybridized carbons (Fsp3) is 0.462. The summed E-state index contributed by atoms with van der Waals surface area (Å²) in [5.41, 5.74) is 6.46. The van der Waals surface area contributed by atoms with E-state index in [2.05, 4.69) is 20.8 Å². The molecule has 1 aromatic rings. The van der Waals surface area contributed by atoms with Crippen molar-refractivity contribution in [3.05, 3.63) is 34.1 Å². The standard InChI is InChI=1S/C13H16BrFN2S/c14-10-5-4-9(11(15)7-10)8-17-6-2-1-3-12(17)13(16)18/h4-5,7,12H,1-3,6,8H2,(H2,16,18). The molecule has 2 nitrogen and oxygen atoms in total. The van der Waals surface area contributed by atoms with Gasteiger partial charge in [-0.1, -0.05) is 40.6 Å². The molecule has 0 radical (unpaired) electrons. The van der Waals surface area contributed by atoms with E-state index in [1.165, 1.54) is 6.07 Å². The van der Waals surface area contributed by atoms with Gasteiger partial charge in [0.05, 0.1) is 11.0 Å². The van der Waals surface area contributed by atoms with E-state index in [4.69, 9.17) is 18.0 Å². The van der Waals surface area contributed by atoms with Gasteiger partial charge in [-0.2, -0.15) is 0 Å². The Morgan fingerprint density at radius 3 is 2.94 bits per heavy atom. The molecule has 1 heterocycles. The second-order valence-electron chi connectivity index (χ2n) is 4.62. The van der Waals surface area contributed by atoms with Crippen LogP contribution in [0.4, 0.5) is 4.39 Å². The molecule has 0 aromatic heterocycles. The highest BCUT2D eigenvalue weighted by molar-refractivity contribution is 9.10. The lowest BCUT2D eigenvalue weighted by Crippen LogP contribution is -2.46. The molecular weight excluding hydrogens is 315 g/mol.